The smallest absolute Gasteiger partial charge is 0.126 e. The lowest BCUT2D eigenvalue weighted by molar-refractivity contribution is 0.194. The number of ether oxygens (including phenoxy) is 1. The van der Waals surface area contributed by atoms with Crippen molar-refractivity contribution in [1.29, 1.82) is 0 Å². The number of likely N-dealkylation sites (N-methyl/N-ethyl adjacent to an activating group) is 1. The monoisotopic (exact) mass is 280 g/mol. The summed E-state index contributed by atoms with van der Waals surface area (Å²) >= 11 is 0. The fraction of sp³-hybridized carbons (Fsp3) is 0.625. The number of anilines is 1. The highest BCUT2D eigenvalue weighted by Crippen LogP contribution is 2.34. The second-order valence-electron chi connectivity index (χ2n) is 5.36. The topological polar surface area (TPSA) is 35.9 Å². The van der Waals surface area contributed by atoms with Crippen molar-refractivity contribution < 1.29 is 9.84 Å². The number of rotatable bonds is 8. The number of aliphatic hydroxyl groups is 1. The van der Waals surface area contributed by atoms with Gasteiger partial charge in [0, 0.05) is 30.9 Å². The van der Waals surface area contributed by atoms with Gasteiger partial charge in [-0.3, -0.25) is 0 Å². The Hall–Kier alpha value is -1.26. The van der Waals surface area contributed by atoms with Gasteiger partial charge < -0.3 is 19.6 Å². The molecule has 0 aromatic heterocycles. The third kappa shape index (κ3) is 4.39. The van der Waals surface area contributed by atoms with E-state index in [0.29, 0.717) is 0 Å². The van der Waals surface area contributed by atoms with E-state index in [1.54, 1.807) is 14.0 Å². The van der Waals surface area contributed by atoms with Crippen LogP contribution in [0.2, 0.25) is 0 Å². The van der Waals surface area contributed by atoms with Crippen LogP contribution in [0.1, 0.15) is 31.9 Å². The molecule has 114 valence electrons. The van der Waals surface area contributed by atoms with E-state index in [4.69, 9.17) is 4.74 Å². The average molecular weight is 280 g/mol. The van der Waals surface area contributed by atoms with Crippen molar-refractivity contribution in [1.82, 2.24) is 4.90 Å². The molecule has 1 atom stereocenters. The maximum Gasteiger partial charge on any atom is 0.126 e. The molecule has 0 radical (unpaired) electrons. The van der Waals surface area contributed by atoms with Crippen molar-refractivity contribution in [3.8, 4) is 5.75 Å². The third-order valence-corrected chi connectivity index (χ3v) is 3.33. The predicted molar refractivity (Wildman–Crippen MR) is 84.7 cm³/mol. The first kappa shape index (κ1) is 16.8. The van der Waals surface area contributed by atoms with Crippen molar-refractivity contribution in [2.75, 3.05) is 45.7 Å². The van der Waals surface area contributed by atoms with Gasteiger partial charge in [0.2, 0.25) is 0 Å². The van der Waals surface area contributed by atoms with Crippen LogP contribution in [-0.4, -0.2) is 50.8 Å². The molecule has 4 nitrogen and oxygen atoms in total. The average Bonchev–Trinajstić information content (AvgIpc) is 2.42. The lowest BCUT2D eigenvalue weighted by atomic mass is 10.1. The quantitative estimate of drug-likeness (QED) is 0.794. The van der Waals surface area contributed by atoms with Crippen molar-refractivity contribution in [2.24, 2.45) is 0 Å². The van der Waals surface area contributed by atoms with Gasteiger partial charge in [-0.2, -0.15) is 0 Å². The van der Waals surface area contributed by atoms with E-state index in [2.05, 4.69) is 36.9 Å². The fourth-order valence-corrected chi connectivity index (χ4v) is 2.35. The Morgan fingerprint density at radius 1 is 1.20 bits per heavy atom. The summed E-state index contributed by atoms with van der Waals surface area (Å²) < 4.78 is 5.40. The van der Waals surface area contributed by atoms with Crippen molar-refractivity contribution in [3.63, 3.8) is 0 Å². The van der Waals surface area contributed by atoms with Gasteiger partial charge in [-0.05, 0) is 39.6 Å². The summed E-state index contributed by atoms with van der Waals surface area (Å²) in [7, 11) is 5.80. The SMILES string of the molecule is CCCN(CCN(C)C)c1cccc(OC)c1[C@H](C)O. The first-order valence-electron chi connectivity index (χ1n) is 7.25. The zero-order valence-corrected chi connectivity index (χ0v) is 13.4. The van der Waals surface area contributed by atoms with Crippen LogP contribution in [0.5, 0.6) is 5.75 Å². The minimum atomic E-state index is -0.542. The Kier molecular flexibility index (Phi) is 6.82. The largest absolute Gasteiger partial charge is 0.496 e. The van der Waals surface area contributed by atoms with Crippen molar-refractivity contribution in [3.05, 3.63) is 23.8 Å². The van der Waals surface area contributed by atoms with E-state index in [1.165, 1.54) is 0 Å². The molecule has 0 fully saturated rings. The van der Waals surface area contributed by atoms with Crippen LogP contribution in [0.15, 0.2) is 18.2 Å². The van der Waals surface area contributed by atoms with Gasteiger partial charge in [-0.25, -0.2) is 0 Å². The molecular weight excluding hydrogens is 252 g/mol. The molecule has 1 rings (SSSR count). The Morgan fingerprint density at radius 3 is 2.40 bits per heavy atom. The molecule has 0 aliphatic rings. The van der Waals surface area contributed by atoms with Crippen LogP contribution in [0.25, 0.3) is 0 Å². The summed E-state index contributed by atoms with van der Waals surface area (Å²) in [6, 6.07) is 5.95. The number of aliphatic hydroxyl groups excluding tert-OH is 1. The first-order valence-corrected chi connectivity index (χ1v) is 7.25. The van der Waals surface area contributed by atoms with Crippen molar-refractivity contribution in [2.45, 2.75) is 26.4 Å². The van der Waals surface area contributed by atoms with E-state index in [-0.39, 0.29) is 0 Å². The first-order chi connectivity index (χ1) is 9.51. The van der Waals surface area contributed by atoms with E-state index in [0.717, 1.165) is 43.1 Å². The molecule has 4 heteroatoms. The highest BCUT2D eigenvalue weighted by atomic mass is 16.5. The molecule has 1 aromatic carbocycles. The number of hydrogen-bond donors (Lipinski definition) is 1. The number of benzene rings is 1. The lowest BCUT2D eigenvalue weighted by Crippen LogP contribution is -2.33. The van der Waals surface area contributed by atoms with E-state index in [9.17, 15) is 5.11 Å². The minimum Gasteiger partial charge on any atom is -0.496 e. The summed E-state index contributed by atoms with van der Waals surface area (Å²) in [5, 5.41) is 10.1. The van der Waals surface area contributed by atoms with Gasteiger partial charge >= 0.3 is 0 Å². The number of nitrogens with zero attached hydrogens (tertiary/aromatic N) is 2. The normalized spacial score (nSPS) is 12.6. The van der Waals surface area contributed by atoms with E-state index >= 15 is 0 Å². The van der Waals surface area contributed by atoms with Crippen LogP contribution in [0, 0.1) is 0 Å². The predicted octanol–water partition coefficient (Wildman–Crippen LogP) is 2.53. The summed E-state index contributed by atoms with van der Waals surface area (Å²) in [4.78, 5) is 4.50. The molecule has 0 heterocycles. The van der Waals surface area contributed by atoms with Crippen LogP contribution < -0.4 is 9.64 Å². The molecular formula is C16H28N2O2. The summed E-state index contributed by atoms with van der Waals surface area (Å²) in [5.41, 5.74) is 1.95. The second-order valence-corrected chi connectivity index (χ2v) is 5.36. The van der Waals surface area contributed by atoms with Gasteiger partial charge in [0.05, 0.1) is 13.2 Å². The number of methoxy groups -OCH3 is 1. The van der Waals surface area contributed by atoms with Crippen LogP contribution in [0.4, 0.5) is 5.69 Å². The Labute approximate surface area is 123 Å². The van der Waals surface area contributed by atoms with E-state index < -0.39 is 6.10 Å². The summed E-state index contributed by atoms with van der Waals surface area (Å²) in [6.07, 6.45) is 0.532. The molecule has 0 saturated carbocycles. The molecule has 0 spiro atoms. The van der Waals surface area contributed by atoms with Crippen LogP contribution in [-0.2, 0) is 0 Å². The standard InChI is InChI=1S/C16H28N2O2/c1-6-10-18(12-11-17(3)4)14-8-7-9-15(20-5)16(14)13(2)19/h7-9,13,19H,6,10-12H2,1-5H3/t13-/m0/s1. The van der Waals surface area contributed by atoms with E-state index in [1.807, 2.05) is 12.1 Å². The van der Waals surface area contributed by atoms with Gasteiger partial charge in [-0.15, -0.1) is 0 Å². The maximum absolute atomic E-state index is 10.1. The van der Waals surface area contributed by atoms with Gasteiger partial charge in [0.15, 0.2) is 0 Å². The molecule has 1 N–H and O–H groups in total. The molecule has 1 aromatic rings. The molecule has 0 aliphatic carbocycles. The highest BCUT2D eigenvalue weighted by Gasteiger charge is 2.18. The highest BCUT2D eigenvalue weighted by molar-refractivity contribution is 5.60. The maximum atomic E-state index is 10.1. The van der Waals surface area contributed by atoms with Crippen LogP contribution >= 0.6 is 0 Å². The molecule has 0 saturated heterocycles. The molecule has 0 unspecified atom stereocenters. The lowest BCUT2D eigenvalue weighted by Gasteiger charge is -2.29. The van der Waals surface area contributed by atoms with Gasteiger partial charge in [0.1, 0.15) is 5.75 Å². The zero-order valence-electron chi connectivity index (χ0n) is 13.4. The zero-order chi connectivity index (χ0) is 15.1. The van der Waals surface area contributed by atoms with Crippen LogP contribution in [0.3, 0.4) is 0 Å². The van der Waals surface area contributed by atoms with Crippen molar-refractivity contribution >= 4 is 5.69 Å². The molecule has 0 aliphatic heterocycles. The summed E-state index contributed by atoms with van der Waals surface area (Å²) in [5.74, 6) is 0.753. The number of hydrogen-bond acceptors (Lipinski definition) is 4. The second kappa shape index (κ2) is 8.12. The Bertz CT molecular complexity index is 405. The third-order valence-electron chi connectivity index (χ3n) is 3.33. The van der Waals surface area contributed by atoms with Gasteiger partial charge in [-0.1, -0.05) is 13.0 Å². The van der Waals surface area contributed by atoms with Gasteiger partial charge in [0.25, 0.3) is 0 Å². The Balaban J connectivity index is 3.11. The molecule has 0 bridgehead atoms. The summed E-state index contributed by atoms with van der Waals surface area (Å²) in [6.45, 7) is 6.85. The fourth-order valence-electron chi connectivity index (χ4n) is 2.35. The Morgan fingerprint density at radius 2 is 1.90 bits per heavy atom. The molecule has 20 heavy (non-hydrogen) atoms. The minimum absolute atomic E-state index is 0.542. The molecule has 0 amide bonds.